The van der Waals surface area contributed by atoms with Gasteiger partial charge in [0, 0.05) is 17.8 Å². The molecule has 9 nitrogen and oxygen atoms in total. The lowest BCUT2D eigenvalue weighted by Crippen LogP contribution is -2.05. The molecule has 0 saturated heterocycles. The van der Waals surface area contributed by atoms with Crippen molar-refractivity contribution in [3.05, 3.63) is 66.2 Å². The summed E-state index contributed by atoms with van der Waals surface area (Å²) in [5, 5.41) is 3.06. The lowest BCUT2D eigenvalue weighted by molar-refractivity contribution is 0.416. The van der Waals surface area contributed by atoms with Crippen molar-refractivity contribution in [2.75, 3.05) is 18.2 Å². The average Bonchev–Trinajstić information content (AvgIpc) is 3.28. The van der Waals surface area contributed by atoms with Crippen LogP contribution in [0.1, 0.15) is 6.92 Å². The number of hydrogen-bond acceptors (Lipinski definition) is 9. The first-order valence-electron chi connectivity index (χ1n) is 9.78. The van der Waals surface area contributed by atoms with Crippen LogP contribution in [0.5, 0.6) is 17.4 Å². The molecule has 0 spiro atoms. The summed E-state index contributed by atoms with van der Waals surface area (Å²) in [4.78, 5) is 12.2. The number of nitrogens with zero attached hydrogens (tertiary/aromatic N) is 3. The second-order valence-electron chi connectivity index (χ2n) is 6.71. The quantitative estimate of drug-likeness (QED) is 0.338. The summed E-state index contributed by atoms with van der Waals surface area (Å²) in [6.07, 6.45) is 3.04. The molecule has 4 aromatic rings. The van der Waals surface area contributed by atoms with Crippen LogP contribution >= 0.6 is 11.6 Å². The summed E-state index contributed by atoms with van der Waals surface area (Å²) in [5.74, 6) is 1.73. The molecule has 33 heavy (non-hydrogen) atoms. The molecule has 2 aromatic carbocycles. The smallest absolute Gasteiger partial charge is 0.299 e. The van der Waals surface area contributed by atoms with E-state index in [0.29, 0.717) is 34.4 Å². The molecule has 0 atom stereocenters. The first kappa shape index (κ1) is 22.6. The highest BCUT2D eigenvalue weighted by Crippen LogP contribution is 2.33. The normalized spacial score (nSPS) is 11.2. The zero-order valence-corrected chi connectivity index (χ0v) is 19.2. The molecule has 0 aliphatic heterocycles. The number of sulfone groups is 1. The number of oxazole rings is 1. The number of halogens is 1. The van der Waals surface area contributed by atoms with E-state index in [4.69, 9.17) is 25.5 Å². The van der Waals surface area contributed by atoms with Crippen LogP contribution in [-0.2, 0) is 9.84 Å². The maximum Gasteiger partial charge on any atom is 0.299 e. The second-order valence-corrected chi connectivity index (χ2v) is 9.33. The van der Waals surface area contributed by atoms with Gasteiger partial charge in [0.1, 0.15) is 11.5 Å². The van der Waals surface area contributed by atoms with Crippen molar-refractivity contribution in [1.29, 1.82) is 0 Å². The van der Waals surface area contributed by atoms with Crippen LogP contribution in [0.25, 0.3) is 11.3 Å². The Hall–Kier alpha value is -3.63. The fourth-order valence-electron chi connectivity index (χ4n) is 2.94. The fraction of sp³-hybridized carbons (Fsp3) is 0.136. The zero-order chi connectivity index (χ0) is 23.4. The van der Waals surface area contributed by atoms with Crippen molar-refractivity contribution >= 4 is 33.1 Å². The summed E-state index contributed by atoms with van der Waals surface area (Å²) in [7, 11) is -1.89. The van der Waals surface area contributed by atoms with Gasteiger partial charge in [-0.05, 0) is 41.9 Å². The van der Waals surface area contributed by atoms with Gasteiger partial charge in [0.25, 0.3) is 6.01 Å². The van der Waals surface area contributed by atoms with E-state index < -0.39 is 9.84 Å². The van der Waals surface area contributed by atoms with Crippen molar-refractivity contribution in [2.24, 2.45) is 0 Å². The average molecular weight is 487 g/mol. The first-order chi connectivity index (χ1) is 15.9. The minimum atomic E-state index is -3.39. The minimum Gasteiger partial charge on any atom is -0.495 e. The molecular formula is C22H19ClN4O5S. The summed E-state index contributed by atoms with van der Waals surface area (Å²) in [5.41, 5.74) is 1.13. The first-order valence-corrected chi connectivity index (χ1v) is 11.8. The van der Waals surface area contributed by atoms with E-state index in [9.17, 15) is 8.42 Å². The molecule has 0 amide bonds. The van der Waals surface area contributed by atoms with E-state index in [1.807, 2.05) is 6.07 Å². The Bertz CT molecular complexity index is 1390. The van der Waals surface area contributed by atoms with Crippen molar-refractivity contribution in [3.8, 4) is 28.7 Å². The standard InChI is InChI=1S/C22H19ClN4O5S/c1-3-33(28,29)16-7-8-18(30-2)17(12-16)26-22-25-13-19(32-22)14-5-4-6-15(11-14)31-20-9-10-24-21(23)27-20/h4-13H,3H2,1-2H3,(H,25,26). The van der Waals surface area contributed by atoms with Crippen molar-refractivity contribution in [2.45, 2.75) is 11.8 Å². The SMILES string of the molecule is CCS(=O)(=O)c1ccc(OC)c(Nc2ncc(-c3cccc(Oc4ccnc(Cl)n4)c3)o2)c1. The largest absolute Gasteiger partial charge is 0.495 e. The lowest BCUT2D eigenvalue weighted by atomic mass is 10.2. The molecule has 4 rings (SSSR count). The molecule has 0 aliphatic carbocycles. The van der Waals surface area contributed by atoms with E-state index in [0.717, 1.165) is 0 Å². The Morgan fingerprint density at radius 1 is 1.12 bits per heavy atom. The van der Waals surface area contributed by atoms with Gasteiger partial charge in [-0.1, -0.05) is 19.1 Å². The van der Waals surface area contributed by atoms with Gasteiger partial charge in [-0.15, -0.1) is 0 Å². The zero-order valence-electron chi connectivity index (χ0n) is 17.6. The predicted octanol–water partition coefficient (Wildman–Crippen LogP) is 5.12. The third-order valence-corrected chi connectivity index (χ3v) is 6.51. The Balaban J connectivity index is 1.57. The number of methoxy groups -OCH3 is 1. The lowest BCUT2D eigenvalue weighted by Gasteiger charge is -2.11. The maximum atomic E-state index is 12.2. The molecular weight excluding hydrogens is 468 g/mol. The summed E-state index contributed by atoms with van der Waals surface area (Å²) < 4.78 is 41.4. The van der Waals surface area contributed by atoms with Gasteiger partial charge >= 0.3 is 0 Å². The van der Waals surface area contributed by atoms with E-state index in [1.54, 1.807) is 43.5 Å². The van der Waals surface area contributed by atoms with Gasteiger partial charge < -0.3 is 19.2 Å². The van der Waals surface area contributed by atoms with Gasteiger partial charge in [0.15, 0.2) is 15.6 Å². The number of hydrogen-bond donors (Lipinski definition) is 1. The highest BCUT2D eigenvalue weighted by atomic mass is 35.5. The number of benzene rings is 2. The molecule has 11 heteroatoms. The number of anilines is 2. The van der Waals surface area contributed by atoms with Crippen molar-refractivity contribution in [3.63, 3.8) is 0 Å². The Labute approximate surface area is 195 Å². The molecule has 0 fully saturated rings. The molecule has 170 valence electrons. The number of nitrogens with one attached hydrogen (secondary N) is 1. The number of rotatable bonds is 8. The van der Waals surface area contributed by atoms with Crippen LogP contribution in [0.4, 0.5) is 11.7 Å². The van der Waals surface area contributed by atoms with Crippen molar-refractivity contribution < 1.29 is 22.3 Å². The summed E-state index contributed by atoms with van der Waals surface area (Å²) >= 11 is 5.80. The molecule has 2 heterocycles. The predicted molar refractivity (Wildman–Crippen MR) is 123 cm³/mol. The highest BCUT2D eigenvalue weighted by Gasteiger charge is 2.16. The summed E-state index contributed by atoms with van der Waals surface area (Å²) in [6, 6.07) is 13.5. The molecule has 2 aromatic heterocycles. The fourth-order valence-corrected chi connectivity index (χ4v) is 3.98. The third-order valence-electron chi connectivity index (χ3n) is 4.60. The third kappa shape index (κ3) is 5.24. The molecule has 0 unspecified atom stereocenters. The van der Waals surface area contributed by atoms with Gasteiger partial charge in [-0.3, -0.25) is 0 Å². The topological polar surface area (TPSA) is 116 Å². The van der Waals surface area contributed by atoms with Gasteiger partial charge in [-0.25, -0.2) is 18.4 Å². The van der Waals surface area contributed by atoms with E-state index in [1.165, 1.54) is 25.4 Å². The number of ether oxygens (including phenoxy) is 2. The van der Waals surface area contributed by atoms with E-state index in [2.05, 4.69) is 20.3 Å². The highest BCUT2D eigenvalue weighted by molar-refractivity contribution is 7.91. The Kier molecular flexibility index (Phi) is 6.47. The Morgan fingerprint density at radius 2 is 1.97 bits per heavy atom. The molecule has 0 saturated carbocycles. The number of aromatic nitrogens is 3. The van der Waals surface area contributed by atoms with Crippen LogP contribution in [0, 0.1) is 0 Å². The molecule has 0 aliphatic rings. The second kappa shape index (κ2) is 9.47. The van der Waals surface area contributed by atoms with Crippen LogP contribution in [-0.4, -0.2) is 36.2 Å². The monoisotopic (exact) mass is 486 g/mol. The summed E-state index contributed by atoms with van der Waals surface area (Å²) in [6.45, 7) is 1.59. The van der Waals surface area contributed by atoms with Crippen molar-refractivity contribution in [1.82, 2.24) is 15.0 Å². The molecule has 0 bridgehead atoms. The van der Waals surface area contributed by atoms with Crippen LogP contribution < -0.4 is 14.8 Å². The van der Waals surface area contributed by atoms with Gasteiger partial charge in [0.05, 0.1) is 29.6 Å². The van der Waals surface area contributed by atoms with Crippen LogP contribution in [0.3, 0.4) is 0 Å². The minimum absolute atomic E-state index is 0.0124. The van der Waals surface area contributed by atoms with Gasteiger partial charge in [-0.2, -0.15) is 4.98 Å². The molecule has 1 N–H and O–H groups in total. The maximum absolute atomic E-state index is 12.2. The Morgan fingerprint density at radius 3 is 2.73 bits per heavy atom. The van der Waals surface area contributed by atoms with E-state index >= 15 is 0 Å². The van der Waals surface area contributed by atoms with Crippen LogP contribution in [0.2, 0.25) is 5.28 Å². The van der Waals surface area contributed by atoms with Gasteiger partial charge in [0.2, 0.25) is 11.2 Å². The van der Waals surface area contributed by atoms with E-state index in [-0.39, 0.29) is 21.9 Å². The van der Waals surface area contributed by atoms with Crippen LogP contribution in [0.15, 0.2) is 70.2 Å². The molecule has 0 radical (unpaired) electrons.